The van der Waals surface area contributed by atoms with Crippen LogP contribution in [0.25, 0.3) is 0 Å². The third-order valence-electron chi connectivity index (χ3n) is 5.53. The van der Waals surface area contributed by atoms with E-state index in [1.54, 1.807) is 11.9 Å². The van der Waals surface area contributed by atoms with Crippen molar-refractivity contribution in [2.45, 2.75) is 19.4 Å². The molecule has 2 aliphatic heterocycles. The summed E-state index contributed by atoms with van der Waals surface area (Å²) in [6.07, 6.45) is 0.557. The molecular formula is C19H30N3O4S+. The van der Waals surface area contributed by atoms with E-state index in [1.807, 2.05) is 25.1 Å². The van der Waals surface area contributed by atoms with Gasteiger partial charge < -0.3 is 19.4 Å². The van der Waals surface area contributed by atoms with Crippen LogP contribution in [0.3, 0.4) is 0 Å². The van der Waals surface area contributed by atoms with E-state index >= 15 is 0 Å². The number of carbonyl (C=O) groups excluding carboxylic acids is 1. The molecule has 2 aliphatic rings. The molecule has 1 atom stereocenters. The number of nitrogens with zero attached hydrogens (tertiary/aromatic N) is 2. The Balaban J connectivity index is 1.52. The van der Waals surface area contributed by atoms with Gasteiger partial charge in [-0.25, -0.2) is 8.42 Å². The number of sulfone groups is 1. The van der Waals surface area contributed by atoms with Gasteiger partial charge in [-0.05, 0) is 25.5 Å². The molecule has 2 saturated heterocycles. The summed E-state index contributed by atoms with van der Waals surface area (Å²) >= 11 is 0. The summed E-state index contributed by atoms with van der Waals surface area (Å²) in [6, 6.07) is 7.90. The van der Waals surface area contributed by atoms with Crippen LogP contribution in [0.1, 0.15) is 13.3 Å². The van der Waals surface area contributed by atoms with Crippen LogP contribution < -0.4 is 14.5 Å². The second kappa shape index (κ2) is 8.48. The molecule has 0 bridgehead atoms. The van der Waals surface area contributed by atoms with Crippen LogP contribution in [0.4, 0.5) is 5.69 Å². The Hall–Kier alpha value is -1.80. The smallest absolute Gasteiger partial charge is 0.277 e. The van der Waals surface area contributed by atoms with Crippen LogP contribution in [0.2, 0.25) is 0 Å². The molecule has 0 aromatic heterocycles. The summed E-state index contributed by atoms with van der Waals surface area (Å²) < 4.78 is 29.0. The second-order valence-electron chi connectivity index (χ2n) is 7.38. The molecule has 1 N–H and O–H groups in total. The highest BCUT2D eigenvalue weighted by molar-refractivity contribution is 7.91. The predicted octanol–water partition coefficient (Wildman–Crippen LogP) is -0.564. The van der Waals surface area contributed by atoms with Crippen molar-refractivity contribution in [3.8, 4) is 5.75 Å². The Labute approximate surface area is 161 Å². The van der Waals surface area contributed by atoms with Crippen LogP contribution >= 0.6 is 0 Å². The Bertz CT molecular complexity index is 760. The molecule has 8 heteroatoms. The first-order chi connectivity index (χ1) is 12.9. The number of ether oxygens (including phenoxy) is 1. The number of rotatable bonds is 6. The molecule has 1 aromatic carbocycles. The van der Waals surface area contributed by atoms with Crippen molar-refractivity contribution < 1.29 is 22.8 Å². The second-order valence-corrected chi connectivity index (χ2v) is 9.60. The Kier molecular flexibility index (Phi) is 6.26. The van der Waals surface area contributed by atoms with E-state index in [4.69, 9.17) is 4.74 Å². The monoisotopic (exact) mass is 396 g/mol. The zero-order valence-electron chi connectivity index (χ0n) is 16.2. The minimum Gasteiger partial charge on any atom is -0.492 e. The van der Waals surface area contributed by atoms with Gasteiger partial charge in [-0.1, -0.05) is 12.1 Å². The minimum absolute atomic E-state index is 0.0373. The number of likely N-dealkylation sites (N-methyl/N-ethyl adjacent to an activating group) is 1. The van der Waals surface area contributed by atoms with E-state index in [-0.39, 0.29) is 23.5 Å². The summed E-state index contributed by atoms with van der Waals surface area (Å²) in [7, 11) is -1.24. The van der Waals surface area contributed by atoms with E-state index in [0.29, 0.717) is 19.6 Å². The van der Waals surface area contributed by atoms with E-state index < -0.39 is 9.84 Å². The molecule has 0 unspecified atom stereocenters. The third kappa shape index (κ3) is 4.93. The highest BCUT2D eigenvalue weighted by atomic mass is 32.2. The van der Waals surface area contributed by atoms with Gasteiger partial charge in [0.1, 0.15) is 5.75 Å². The molecule has 1 amide bonds. The molecule has 2 fully saturated rings. The number of quaternary nitrogens is 1. The molecule has 0 spiro atoms. The number of carbonyl (C=O) groups is 1. The van der Waals surface area contributed by atoms with Gasteiger partial charge >= 0.3 is 0 Å². The van der Waals surface area contributed by atoms with Crippen LogP contribution in [0.5, 0.6) is 5.75 Å². The van der Waals surface area contributed by atoms with Crippen LogP contribution in [0.15, 0.2) is 24.3 Å². The number of hydrogen-bond donors (Lipinski definition) is 1. The van der Waals surface area contributed by atoms with E-state index in [9.17, 15) is 13.2 Å². The molecule has 150 valence electrons. The summed E-state index contributed by atoms with van der Waals surface area (Å²) in [5.74, 6) is 1.24. The number of nitrogens with one attached hydrogen (secondary N) is 1. The van der Waals surface area contributed by atoms with Gasteiger partial charge in [0.25, 0.3) is 5.91 Å². The lowest BCUT2D eigenvalue weighted by molar-refractivity contribution is -0.892. The quantitative estimate of drug-likeness (QED) is 0.698. The molecule has 3 rings (SSSR count). The lowest BCUT2D eigenvalue weighted by atomic mass is 10.2. The van der Waals surface area contributed by atoms with E-state index in [1.165, 1.54) is 4.90 Å². The Morgan fingerprint density at radius 3 is 2.63 bits per heavy atom. The molecule has 27 heavy (non-hydrogen) atoms. The standard InChI is InChI=1S/C19H29N3O4S/c1-3-26-18-7-5-4-6-17(18)22-11-9-21(10-12-22)14-19(23)20(2)16-8-13-27(24,25)15-16/h4-7,16H,3,8-15H2,1-2H3/p+1/t16-/m1/s1. The lowest BCUT2D eigenvalue weighted by Gasteiger charge is -2.35. The van der Waals surface area contributed by atoms with Crippen molar-refractivity contribution in [3.05, 3.63) is 24.3 Å². The fraction of sp³-hybridized carbons (Fsp3) is 0.632. The maximum Gasteiger partial charge on any atom is 0.277 e. The van der Waals surface area contributed by atoms with Crippen LogP contribution in [-0.4, -0.2) is 83.2 Å². The molecule has 0 aliphatic carbocycles. The van der Waals surface area contributed by atoms with Gasteiger partial charge in [0.05, 0.1) is 50.0 Å². The number of anilines is 1. The average Bonchev–Trinajstić information content (AvgIpc) is 3.02. The summed E-state index contributed by atoms with van der Waals surface area (Å²) in [5.41, 5.74) is 1.11. The van der Waals surface area contributed by atoms with Crippen molar-refractivity contribution in [2.75, 3.05) is 62.8 Å². The van der Waals surface area contributed by atoms with Crippen molar-refractivity contribution in [3.63, 3.8) is 0 Å². The first-order valence-corrected chi connectivity index (χ1v) is 11.5. The zero-order valence-corrected chi connectivity index (χ0v) is 17.0. The first kappa shape index (κ1) is 19.9. The fourth-order valence-corrected chi connectivity index (χ4v) is 5.63. The minimum atomic E-state index is -2.97. The first-order valence-electron chi connectivity index (χ1n) is 9.66. The molecule has 0 radical (unpaired) electrons. The SMILES string of the molecule is CCOc1ccccc1N1CC[NH+](CC(=O)N(C)[C@@H]2CCS(=O)(=O)C2)CC1. The van der Waals surface area contributed by atoms with Gasteiger partial charge in [0.2, 0.25) is 0 Å². The molecule has 1 aromatic rings. The Morgan fingerprint density at radius 1 is 1.30 bits per heavy atom. The van der Waals surface area contributed by atoms with Gasteiger partial charge in [-0.3, -0.25) is 4.79 Å². The van der Waals surface area contributed by atoms with Crippen molar-refractivity contribution >= 4 is 21.4 Å². The maximum atomic E-state index is 12.6. The topological polar surface area (TPSA) is 71.4 Å². The number of hydrogen-bond acceptors (Lipinski definition) is 5. The number of piperazine rings is 1. The molecular weight excluding hydrogens is 366 g/mol. The summed E-state index contributed by atoms with van der Waals surface area (Å²) in [4.78, 5) is 17.8. The number of para-hydroxylation sites is 2. The highest BCUT2D eigenvalue weighted by Gasteiger charge is 2.34. The molecule has 0 saturated carbocycles. The average molecular weight is 397 g/mol. The molecule has 2 heterocycles. The summed E-state index contributed by atoms with van der Waals surface area (Å²) in [5, 5.41) is 0. The highest BCUT2D eigenvalue weighted by Crippen LogP contribution is 2.27. The lowest BCUT2D eigenvalue weighted by Crippen LogP contribution is -3.16. The van der Waals surface area contributed by atoms with E-state index in [2.05, 4.69) is 11.0 Å². The summed E-state index contributed by atoms with van der Waals surface area (Å²) in [6.45, 7) is 6.54. The van der Waals surface area contributed by atoms with Gasteiger partial charge in [-0.15, -0.1) is 0 Å². The van der Waals surface area contributed by atoms with E-state index in [0.717, 1.165) is 37.6 Å². The zero-order chi connectivity index (χ0) is 19.4. The predicted molar refractivity (Wildman–Crippen MR) is 105 cm³/mol. The van der Waals surface area contributed by atoms with Crippen molar-refractivity contribution in [1.29, 1.82) is 0 Å². The van der Waals surface area contributed by atoms with Gasteiger partial charge in [0, 0.05) is 13.1 Å². The fourth-order valence-electron chi connectivity index (χ4n) is 3.86. The van der Waals surface area contributed by atoms with Gasteiger partial charge in [0.15, 0.2) is 16.4 Å². The number of benzene rings is 1. The van der Waals surface area contributed by atoms with Gasteiger partial charge in [-0.2, -0.15) is 0 Å². The van der Waals surface area contributed by atoms with Crippen LogP contribution in [0, 0.1) is 0 Å². The van der Waals surface area contributed by atoms with Crippen molar-refractivity contribution in [2.24, 2.45) is 0 Å². The molecule has 7 nitrogen and oxygen atoms in total. The Morgan fingerprint density at radius 2 is 2.00 bits per heavy atom. The third-order valence-corrected chi connectivity index (χ3v) is 7.28. The van der Waals surface area contributed by atoms with Crippen LogP contribution in [-0.2, 0) is 14.6 Å². The largest absolute Gasteiger partial charge is 0.492 e. The van der Waals surface area contributed by atoms with Crippen molar-refractivity contribution in [1.82, 2.24) is 4.90 Å². The number of amides is 1. The maximum absolute atomic E-state index is 12.6. The normalized spacial score (nSPS) is 22.6.